The highest BCUT2D eigenvalue weighted by molar-refractivity contribution is 6.18. The van der Waals surface area contributed by atoms with Crippen molar-refractivity contribution in [3.8, 4) is 0 Å². The van der Waals surface area contributed by atoms with Crippen LogP contribution in [-0.2, 0) is 9.47 Å². The van der Waals surface area contributed by atoms with Gasteiger partial charge in [-0.25, -0.2) is 0 Å². The molecular formula is C5H9Cl2O2. The molecule has 0 aliphatic heterocycles. The van der Waals surface area contributed by atoms with Crippen LogP contribution >= 0.6 is 23.2 Å². The second-order valence-electron chi connectivity index (χ2n) is 1.22. The minimum Gasteiger partial charge on any atom is -0.347 e. The topological polar surface area (TPSA) is 18.5 Å². The Labute approximate surface area is 65.0 Å². The number of rotatable bonds is 6. The summed E-state index contributed by atoms with van der Waals surface area (Å²) in [7, 11) is 0. The van der Waals surface area contributed by atoms with E-state index in [1.165, 1.54) is 6.79 Å². The highest BCUT2D eigenvalue weighted by Gasteiger charge is 1.86. The van der Waals surface area contributed by atoms with Crippen molar-refractivity contribution in [1.29, 1.82) is 0 Å². The molecule has 0 aromatic carbocycles. The van der Waals surface area contributed by atoms with Gasteiger partial charge in [-0.15, -0.1) is 23.2 Å². The first-order chi connectivity index (χ1) is 4.41. The second-order valence-corrected chi connectivity index (χ2v) is 1.97. The minimum atomic E-state index is 0.473. The summed E-state index contributed by atoms with van der Waals surface area (Å²) in [4.78, 5) is 0. The van der Waals surface area contributed by atoms with Crippen molar-refractivity contribution in [3.63, 3.8) is 0 Å². The summed E-state index contributed by atoms with van der Waals surface area (Å²) in [5.74, 6) is 0.946. The first-order valence-electron chi connectivity index (χ1n) is 2.58. The summed E-state index contributed by atoms with van der Waals surface area (Å²) in [6, 6.07) is 0. The third-order valence-electron chi connectivity index (χ3n) is 0.526. The summed E-state index contributed by atoms with van der Waals surface area (Å²) >= 11 is 10.6. The van der Waals surface area contributed by atoms with E-state index in [2.05, 4.69) is 0 Å². The molecule has 1 radical (unpaired) electrons. The van der Waals surface area contributed by atoms with Crippen molar-refractivity contribution in [2.45, 2.75) is 0 Å². The van der Waals surface area contributed by atoms with Gasteiger partial charge in [-0.2, -0.15) is 0 Å². The lowest BCUT2D eigenvalue weighted by molar-refractivity contribution is 0.0333. The SMILES string of the molecule is ClCCO[CH]OCCCl. The molecule has 0 fully saturated rings. The van der Waals surface area contributed by atoms with Gasteiger partial charge in [-0.1, -0.05) is 0 Å². The zero-order valence-corrected chi connectivity index (χ0v) is 6.49. The van der Waals surface area contributed by atoms with E-state index < -0.39 is 0 Å². The van der Waals surface area contributed by atoms with Gasteiger partial charge in [0.05, 0.1) is 13.2 Å². The highest BCUT2D eigenvalue weighted by Crippen LogP contribution is 1.87. The third-order valence-corrected chi connectivity index (χ3v) is 0.835. The van der Waals surface area contributed by atoms with Gasteiger partial charge in [-0.3, -0.25) is 0 Å². The lowest BCUT2D eigenvalue weighted by atomic mass is 10.8. The van der Waals surface area contributed by atoms with Crippen LogP contribution in [0, 0.1) is 6.79 Å². The zero-order valence-electron chi connectivity index (χ0n) is 4.98. The van der Waals surface area contributed by atoms with Crippen LogP contribution in [0.15, 0.2) is 0 Å². The fourth-order valence-corrected chi connectivity index (χ4v) is 0.412. The summed E-state index contributed by atoms with van der Waals surface area (Å²) < 4.78 is 9.49. The van der Waals surface area contributed by atoms with Gasteiger partial charge in [0, 0.05) is 11.8 Å². The van der Waals surface area contributed by atoms with Gasteiger partial charge in [0.25, 0.3) is 0 Å². The molecule has 9 heavy (non-hydrogen) atoms. The molecule has 0 saturated carbocycles. The van der Waals surface area contributed by atoms with Crippen molar-refractivity contribution in [2.24, 2.45) is 0 Å². The Kier molecular flexibility index (Phi) is 8.97. The van der Waals surface area contributed by atoms with E-state index in [0.717, 1.165) is 0 Å². The van der Waals surface area contributed by atoms with Gasteiger partial charge < -0.3 is 9.47 Å². The predicted octanol–water partition coefficient (Wildman–Crippen LogP) is 1.62. The molecule has 2 nitrogen and oxygen atoms in total. The second kappa shape index (κ2) is 8.50. The van der Waals surface area contributed by atoms with E-state index in [0.29, 0.717) is 25.0 Å². The first-order valence-corrected chi connectivity index (χ1v) is 3.65. The van der Waals surface area contributed by atoms with Gasteiger partial charge in [0.2, 0.25) is 6.79 Å². The van der Waals surface area contributed by atoms with Crippen molar-refractivity contribution in [2.75, 3.05) is 25.0 Å². The molecule has 0 aliphatic carbocycles. The molecule has 0 spiro atoms. The maximum Gasteiger partial charge on any atom is 0.209 e. The Morgan fingerprint density at radius 3 is 1.78 bits per heavy atom. The van der Waals surface area contributed by atoms with Crippen LogP contribution in [0.1, 0.15) is 0 Å². The maximum absolute atomic E-state index is 5.29. The van der Waals surface area contributed by atoms with Crippen LogP contribution in [0.2, 0.25) is 0 Å². The Morgan fingerprint density at radius 1 is 1.00 bits per heavy atom. The fraction of sp³-hybridized carbons (Fsp3) is 0.800. The number of hydrogen-bond acceptors (Lipinski definition) is 2. The molecule has 55 valence electrons. The van der Waals surface area contributed by atoms with E-state index in [4.69, 9.17) is 32.7 Å². The van der Waals surface area contributed by atoms with E-state index in [9.17, 15) is 0 Å². The highest BCUT2D eigenvalue weighted by atomic mass is 35.5. The number of halogens is 2. The van der Waals surface area contributed by atoms with E-state index >= 15 is 0 Å². The molecule has 0 bridgehead atoms. The van der Waals surface area contributed by atoms with Gasteiger partial charge in [0.1, 0.15) is 0 Å². The third kappa shape index (κ3) is 8.50. The number of alkyl halides is 2. The molecule has 0 amide bonds. The lowest BCUT2D eigenvalue weighted by Gasteiger charge is -1.98. The van der Waals surface area contributed by atoms with Crippen molar-refractivity contribution >= 4 is 23.2 Å². The Morgan fingerprint density at radius 2 is 1.44 bits per heavy atom. The largest absolute Gasteiger partial charge is 0.347 e. The first kappa shape index (κ1) is 9.50. The molecule has 0 rings (SSSR count). The zero-order chi connectivity index (χ0) is 6.95. The van der Waals surface area contributed by atoms with E-state index in [1.807, 2.05) is 0 Å². The van der Waals surface area contributed by atoms with Gasteiger partial charge in [-0.05, 0) is 0 Å². The maximum atomic E-state index is 5.29. The van der Waals surface area contributed by atoms with Gasteiger partial charge >= 0.3 is 0 Å². The minimum absolute atomic E-state index is 0.473. The molecule has 0 atom stereocenters. The summed E-state index contributed by atoms with van der Waals surface area (Å²) in [5, 5.41) is 0. The summed E-state index contributed by atoms with van der Waals surface area (Å²) in [5.41, 5.74) is 0. The average Bonchev–Trinajstić information content (AvgIpc) is 1.89. The van der Waals surface area contributed by atoms with Crippen molar-refractivity contribution < 1.29 is 9.47 Å². The average molecular weight is 172 g/mol. The normalized spacial score (nSPS) is 10.0. The van der Waals surface area contributed by atoms with Crippen molar-refractivity contribution in [3.05, 3.63) is 6.79 Å². The van der Waals surface area contributed by atoms with Crippen LogP contribution in [0.5, 0.6) is 0 Å². The van der Waals surface area contributed by atoms with Crippen LogP contribution in [0.4, 0.5) is 0 Å². The fourth-order valence-electron chi connectivity index (χ4n) is 0.233. The van der Waals surface area contributed by atoms with Crippen LogP contribution < -0.4 is 0 Å². The molecule has 0 unspecified atom stereocenters. The molecule has 0 heterocycles. The molecule has 0 saturated heterocycles. The van der Waals surface area contributed by atoms with Crippen molar-refractivity contribution in [1.82, 2.24) is 0 Å². The monoisotopic (exact) mass is 171 g/mol. The predicted molar refractivity (Wildman–Crippen MR) is 37.6 cm³/mol. The number of hydrogen-bond donors (Lipinski definition) is 0. The molecular weight excluding hydrogens is 163 g/mol. The molecule has 0 aliphatic rings. The number of ether oxygens (including phenoxy) is 2. The standard InChI is InChI=1S/C5H9Cl2O2/c6-1-3-8-5-9-4-2-7/h5H,1-4H2. The summed E-state index contributed by atoms with van der Waals surface area (Å²) in [6.07, 6.45) is 0. The summed E-state index contributed by atoms with van der Waals surface area (Å²) in [6.45, 7) is 2.21. The molecule has 0 N–H and O–H groups in total. The Hall–Kier alpha value is 0.500. The van der Waals surface area contributed by atoms with Crippen LogP contribution in [0.25, 0.3) is 0 Å². The Balaban J connectivity index is 2.60. The van der Waals surface area contributed by atoms with E-state index in [1.54, 1.807) is 0 Å². The molecule has 0 aromatic rings. The lowest BCUT2D eigenvalue weighted by Crippen LogP contribution is -1.98. The van der Waals surface area contributed by atoms with Gasteiger partial charge in [0.15, 0.2) is 0 Å². The van der Waals surface area contributed by atoms with E-state index in [-0.39, 0.29) is 0 Å². The molecule has 0 aromatic heterocycles. The quantitative estimate of drug-likeness (QED) is 0.447. The Bertz CT molecular complexity index is 46.2. The van der Waals surface area contributed by atoms with Crippen LogP contribution in [0.3, 0.4) is 0 Å². The molecule has 4 heteroatoms. The smallest absolute Gasteiger partial charge is 0.209 e. The van der Waals surface area contributed by atoms with Crippen LogP contribution in [-0.4, -0.2) is 25.0 Å².